The molecule has 3 rings (SSSR count). The molecule has 0 amide bonds. The lowest BCUT2D eigenvalue weighted by atomic mass is 10.2. The minimum Gasteiger partial charge on any atom is -0.319 e. The number of fused-ring (bicyclic) bond motifs is 1. The maximum absolute atomic E-state index is 4.55. The second-order valence-electron chi connectivity index (χ2n) is 4.09. The van der Waals surface area contributed by atoms with Crippen LogP contribution in [-0.4, -0.2) is 14.5 Å². The lowest BCUT2D eigenvalue weighted by Crippen LogP contribution is -2.04. The van der Waals surface area contributed by atoms with Crippen molar-refractivity contribution in [2.45, 2.75) is 13.0 Å². The number of nitrogens with zero attached hydrogens (tertiary/aromatic N) is 3. The van der Waals surface area contributed by atoms with Crippen LogP contribution in [0.4, 0.5) is 0 Å². The van der Waals surface area contributed by atoms with Gasteiger partial charge >= 0.3 is 0 Å². The van der Waals surface area contributed by atoms with Gasteiger partial charge in [-0.1, -0.05) is 18.2 Å². The van der Waals surface area contributed by atoms with E-state index in [0.717, 1.165) is 28.0 Å². The summed E-state index contributed by atoms with van der Waals surface area (Å²) in [5.41, 5.74) is 3.37. The molecule has 3 nitrogen and oxygen atoms in total. The maximum Gasteiger partial charge on any atom is 0.172 e. The summed E-state index contributed by atoms with van der Waals surface area (Å²) in [6, 6.07) is 14.3. The largest absolute Gasteiger partial charge is 0.319 e. The van der Waals surface area contributed by atoms with Crippen molar-refractivity contribution in [3.63, 3.8) is 0 Å². The van der Waals surface area contributed by atoms with Gasteiger partial charge in [0.1, 0.15) is 0 Å². The normalized spacial score (nSPS) is 10.9. The van der Waals surface area contributed by atoms with E-state index >= 15 is 0 Å². The number of rotatable bonds is 3. The molecule has 0 radical (unpaired) electrons. The molecule has 0 spiro atoms. The number of imidazole rings is 1. The highest BCUT2D eigenvalue weighted by Gasteiger charge is 2.07. The number of aryl methyl sites for hydroxylation is 2. The van der Waals surface area contributed by atoms with Crippen molar-refractivity contribution in [3.8, 4) is 0 Å². The molecule has 0 fully saturated rings. The molecule has 0 saturated carbocycles. The Morgan fingerprint density at radius 1 is 1.06 bits per heavy atom. The van der Waals surface area contributed by atoms with Crippen LogP contribution >= 0.6 is 22.6 Å². The van der Waals surface area contributed by atoms with Gasteiger partial charge in [0.05, 0.1) is 11.0 Å². The summed E-state index contributed by atoms with van der Waals surface area (Å²) in [6.45, 7) is 0.912. The smallest absolute Gasteiger partial charge is 0.172 e. The fourth-order valence-electron chi connectivity index (χ4n) is 2.03. The molecule has 0 aliphatic rings. The zero-order valence-electron chi connectivity index (χ0n) is 9.75. The molecule has 0 aliphatic heterocycles. The Morgan fingerprint density at radius 3 is 2.72 bits per heavy atom. The summed E-state index contributed by atoms with van der Waals surface area (Å²) in [5.74, 6) is 0. The van der Waals surface area contributed by atoms with Crippen molar-refractivity contribution in [2.75, 3.05) is 0 Å². The third-order valence-electron chi connectivity index (χ3n) is 2.93. The zero-order chi connectivity index (χ0) is 12.4. The molecule has 3 aromatic rings. The molecular weight excluding hydrogens is 337 g/mol. The van der Waals surface area contributed by atoms with Crippen LogP contribution in [0.3, 0.4) is 0 Å². The number of benzene rings is 1. The maximum atomic E-state index is 4.55. The van der Waals surface area contributed by atoms with Crippen LogP contribution < -0.4 is 0 Å². The quantitative estimate of drug-likeness (QED) is 0.680. The Balaban J connectivity index is 1.89. The van der Waals surface area contributed by atoms with E-state index in [4.69, 9.17) is 0 Å². The molecule has 0 unspecified atom stereocenters. The van der Waals surface area contributed by atoms with Gasteiger partial charge in [-0.3, -0.25) is 4.98 Å². The molecular formula is C14H12IN3. The van der Waals surface area contributed by atoms with Crippen LogP contribution in [0, 0.1) is 3.83 Å². The Hall–Kier alpha value is -1.43. The Morgan fingerprint density at radius 2 is 1.89 bits per heavy atom. The van der Waals surface area contributed by atoms with Gasteiger partial charge in [0.15, 0.2) is 3.83 Å². The first kappa shape index (κ1) is 11.6. The van der Waals surface area contributed by atoms with Gasteiger partial charge in [0, 0.05) is 24.9 Å². The molecule has 2 aromatic heterocycles. The van der Waals surface area contributed by atoms with E-state index in [2.05, 4.69) is 61.4 Å². The van der Waals surface area contributed by atoms with E-state index in [1.54, 1.807) is 0 Å². The molecule has 0 N–H and O–H groups in total. The van der Waals surface area contributed by atoms with E-state index < -0.39 is 0 Å². The number of pyridine rings is 1. The number of aromatic nitrogens is 3. The third-order valence-corrected chi connectivity index (χ3v) is 3.75. The van der Waals surface area contributed by atoms with E-state index in [1.807, 2.05) is 24.4 Å². The summed E-state index contributed by atoms with van der Waals surface area (Å²) in [4.78, 5) is 8.91. The van der Waals surface area contributed by atoms with Crippen molar-refractivity contribution >= 4 is 33.6 Å². The Kier molecular flexibility index (Phi) is 3.27. The van der Waals surface area contributed by atoms with E-state index in [-0.39, 0.29) is 0 Å². The molecule has 0 saturated heterocycles. The van der Waals surface area contributed by atoms with Crippen LogP contribution in [0.5, 0.6) is 0 Å². The second-order valence-corrected chi connectivity index (χ2v) is 5.06. The van der Waals surface area contributed by atoms with Crippen molar-refractivity contribution in [1.82, 2.24) is 14.5 Å². The summed E-state index contributed by atoms with van der Waals surface area (Å²) < 4.78 is 3.27. The fraction of sp³-hybridized carbons (Fsp3) is 0.143. The number of hydrogen-bond acceptors (Lipinski definition) is 2. The van der Waals surface area contributed by atoms with Crippen LogP contribution in [0.1, 0.15) is 5.69 Å². The molecule has 2 heterocycles. The monoisotopic (exact) mass is 349 g/mol. The van der Waals surface area contributed by atoms with Crippen molar-refractivity contribution in [2.24, 2.45) is 0 Å². The summed E-state index contributed by atoms with van der Waals surface area (Å²) >= 11 is 2.29. The summed E-state index contributed by atoms with van der Waals surface area (Å²) in [7, 11) is 0. The molecule has 1 aromatic carbocycles. The number of halogens is 1. The molecule has 90 valence electrons. The van der Waals surface area contributed by atoms with Gasteiger partial charge in [0.25, 0.3) is 0 Å². The first-order chi connectivity index (χ1) is 8.84. The van der Waals surface area contributed by atoms with Gasteiger partial charge in [0.2, 0.25) is 0 Å². The number of para-hydroxylation sites is 2. The van der Waals surface area contributed by atoms with E-state index in [9.17, 15) is 0 Å². The average Bonchev–Trinajstić information content (AvgIpc) is 2.73. The highest BCUT2D eigenvalue weighted by molar-refractivity contribution is 14.1. The molecule has 0 bridgehead atoms. The third kappa shape index (κ3) is 2.25. The Labute approximate surface area is 119 Å². The predicted octanol–water partition coefficient (Wildman–Crippen LogP) is 3.28. The van der Waals surface area contributed by atoms with Crippen molar-refractivity contribution < 1.29 is 0 Å². The van der Waals surface area contributed by atoms with Gasteiger partial charge in [-0.25, -0.2) is 4.98 Å². The highest BCUT2D eigenvalue weighted by Crippen LogP contribution is 2.17. The lowest BCUT2D eigenvalue weighted by molar-refractivity contribution is 0.687. The van der Waals surface area contributed by atoms with Gasteiger partial charge in [-0.2, -0.15) is 0 Å². The minimum absolute atomic E-state index is 0.912. The molecule has 4 heteroatoms. The predicted molar refractivity (Wildman–Crippen MR) is 80.4 cm³/mol. The lowest BCUT2D eigenvalue weighted by Gasteiger charge is -2.05. The highest BCUT2D eigenvalue weighted by atomic mass is 127. The molecule has 0 atom stereocenters. The average molecular weight is 349 g/mol. The topological polar surface area (TPSA) is 30.7 Å². The zero-order valence-corrected chi connectivity index (χ0v) is 11.9. The standard InChI is InChI=1S/C14H12IN3/c15-14-17-12-6-1-2-7-13(12)18(14)10-8-11-5-3-4-9-16-11/h1-7,9H,8,10H2. The van der Waals surface area contributed by atoms with E-state index in [0.29, 0.717) is 0 Å². The van der Waals surface area contributed by atoms with Crippen molar-refractivity contribution in [1.29, 1.82) is 0 Å². The molecule has 0 aliphatic carbocycles. The summed E-state index contributed by atoms with van der Waals surface area (Å²) in [6.07, 6.45) is 2.77. The fourth-order valence-corrected chi connectivity index (χ4v) is 2.79. The Bertz CT molecular complexity index is 661. The van der Waals surface area contributed by atoms with Gasteiger partial charge in [-0.15, -0.1) is 0 Å². The van der Waals surface area contributed by atoms with E-state index in [1.165, 1.54) is 5.52 Å². The van der Waals surface area contributed by atoms with Crippen LogP contribution in [-0.2, 0) is 13.0 Å². The second kappa shape index (κ2) is 5.06. The van der Waals surface area contributed by atoms with Gasteiger partial charge < -0.3 is 4.57 Å². The first-order valence-corrected chi connectivity index (χ1v) is 6.93. The molecule has 18 heavy (non-hydrogen) atoms. The van der Waals surface area contributed by atoms with Crippen LogP contribution in [0.2, 0.25) is 0 Å². The van der Waals surface area contributed by atoms with Crippen LogP contribution in [0.15, 0.2) is 48.7 Å². The number of hydrogen-bond donors (Lipinski definition) is 0. The van der Waals surface area contributed by atoms with Crippen molar-refractivity contribution in [3.05, 3.63) is 58.2 Å². The van der Waals surface area contributed by atoms with Crippen LogP contribution in [0.25, 0.3) is 11.0 Å². The van der Waals surface area contributed by atoms with Gasteiger partial charge in [-0.05, 0) is 46.9 Å². The summed E-state index contributed by atoms with van der Waals surface area (Å²) in [5, 5.41) is 0. The minimum atomic E-state index is 0.912. The SMILES string of the molecule is Ic1nc2ccccc2n1CCc1ccccn1. The first-order valence-electron chi connectivity index (χ1n) is 5.85.